The molecule has 21 heavy (non-hydrogen) atoms. The summed E-state index contributed by atoms with van der Waals surface area (Å²) >= 11 is 1.59. The van der Waals surface area contributed by atoms with Crippen LogP contribution in [0.4, 0.5) is 0 Å². The quantitative estimate of drug-likeness (QED) is 0.933. The van der Waals surface area contributed by atoms with Crippen LogP contribution in [-0.4, -0.2) is 38.9 Å². The van der Waals surface area contributed by atoms with Crippen LogP contribution in [0.3, 0.4) is 0 Å². The van der Waals surface area contributed by atoms with Gasteiger partial charge in [-0.15, -0.1) is 11.8 Å². The SMILES string of the molecule is CC(C)(C)SCC(=O)N1Cc2ccccc2C(C(=O)O)C1. The Labute approximate surface area is 129 Å². The molecule has 1 aromatic rings. The normalized spacial score (nSPS) is 18.2. The van der Waals surface area contributed by atoms with Crippen LogP contribution in [0.1, 0.15) is 37.8 Å². The van der Waals surface area contributed by atoms with Gasteiger partial charge in [-0.05, 0) is 11.1 Å². The zero-order valence-electron chi connectivity index (χ0n) is 12.6. The standard InChI is InChI=1S/C16H21NO3S/c1-16(2,3)21-10-14(18)17-8-11-6-4-5-7-12(11)13(9-17)15(19)20/h4-7,13H,8-10H2,1-3H3,(H,19,20). The van der Waals surface area contributed by atoms with E-state index in [2.05, 4.69) is 20.8 Å². The lowest BCUT2D eigenvalue weighted by molar-refractivity contribution is -0.140. The Morgan fingerprint density at radius 2 is 2.00 bits per heavy atom. The third-order valence-electron chi connectivity index (χ3n) is 3.47. The van der Waals surface area contributed by atoms with Gasteiger partial charge in [0.15, 0.2) is 0 Å². The number of carboxylic acid groups (broad SMARTS) is 1. The predicted octanol–water partition coefficient (Wildman–Crippen LogP) is 2.73. The Balaban J connectivity index is 2.14. The first kappa shape index (κ1) is 15.9. The van der Waals surface area contributed by atoms with E-state index in [0.717, 1.165) is 11.1 Å². The Morgan fingerprint density at radius 3 is 2.62 bits per heavy atom. The largest absolute Gasteiger partial charge is 0.481 e. The molecule has 0 bridgehead atoms. The molecular formula is C16H21NO3S. The Bertz CT molecular complexity index is 551. The number of carbonyl (C=O) groups is 2. The summed E-state index contributed by atoms with van der Waals surface area (Å²) in [7, 11) is 0. The van der Waals surface area contributed by atoms with Gasteiger partial charge in [0.1, 0.15) is 0 Å². The molecule has 0 fully saturated rings. The number of amides is 1. The van der Waals surface area contributed by atoms with E-state index in [4.69, 9.17) is 0 Å². The van der Waals surface area contributed by atoms with Gasteiger partial charge < -0.3 is 10.0 Å². The van der Waals surface area contributed by atoms with Gasteiger partial charge in [-0.2, -0.15) is 0 Å². The molecule has 0 aromatic heterocycles. The van der Waals surface area contributed by atoms with Crippen molar-refractivity contribution in [3.63, 3.8) is 0 Å². The highest BCUT2D eigenvalue weighted by molar-refractivity contribution is 8.01. The summed E-state index contributed by atoms with van der Waals surface area (Å²) in [4.78, 5) is 25.5. The smallest absolute Gasteiger partial charge is 0.312 e. The minimum atomic E-state index is -0.872. The van der Waals surface area contributed by atoms with Crippen LogP contribution in [0.15, 0.2) is 24.3 Å². The van der Waals surface area contributed by atoms with Crippen molar-refractivity contribution >= 4 is 23.6 Å². The van der Waals surface area contributed by atoms with E-state index in [9.17, 15) is 14.7 Å². The molecule has 1 aliphatic rings. The molecule has 1 N–H and O–H groups in total. The lowest BCUT2D eigenvalue weighted by atomic mass is 9.90. The minimum Gasteiger partial charge on any atom is -0.481 e. The maximum Gasteiger partial charge on any atom is 0.312 e. The number of hydrogen-bond donors (Lipinski definition) is 1. The van der Waals surface area contributed by atoms with Crippen molar-refractivity contribution in [2.75, 3.05) is 12.3 Å². The van der Waals surface area contributed by atoms with E-state index in [1.54, 1.807) is 16.7 Å². The lowest BCUT2D eigenvalue weighted by Gasteiger charge is -2.33. The summed E-state index contributed by atoms with van der Waals surface area (Å²) in [6, 6.07) is 7.48. The molecular weight excluding hydrogens is 286 g/mol. The summed E-state index contributed by atoms with van der Waals surface area (Å²) in [5, 5.41) is 9.40. The first-order valence-corrected chi connectivity index (χ1v) is 7.99. The molecule has 1 unspecified atom stereocenters. The molecule has 2 rings (SSSR count). The van der Waals surface area contributed by atoms with Gasteiger partial charge in [0.25, 0.3) is 0 Å². The summed E-state index contributed by atoms with van der Waals surface area (Å²) in [5.74, 6) is -1.10. The number of benzene rings is 1. The Kier molecular flexibility index (Phi) is 4.61. The van der Waals surface area contributed by atoms with E-state index in [1.165, 1.54) is 0 Å². The van der Waals surface area contributed by atoms with Gasteiger partial charge in [0.05, 0.1) is 11.7 Å². The van der Waals surface area contributed by atoms with E-state index in [1.807, 2.05) is 24.3 Å². The fraction of sp³-hybridized carbons (Fsp3) is 0.500. The minimum absolute atomic E-state index is 0.00989. The topological polar surface area (TPSA) is 57.6 Å². The van der Waals surface area contributed by atoms with Crippen molar-refractivity contribution < 1.29 is 14.7 Å². The molecule has 0 spiro atoms. The number of aliphatic carboxylic acids is 1. The molecule has 1 heterocycles. The molecule has 1 atom stereocenters. The van der Waals surface area contributed by atoms with E-state index >= 15 is 0 Å². The average Bonchev–Trinajstić information content (AvgIpc) is 2.42. The summed E-state index contributed by atoms with van der Waals surface area (Å²) < 4.78 is 0.0234. The number of hydrogen-bond acceptors (Lipinski definition) is 3. The third-order valence-corrected chi connectivity index (χ3v) is 4.73. The van der Waals surface area contributed by atoms with Crippen molar-refractivity contribution in [1.82, 2.24) is 4.90 Å². The molecule has 114 valence electrons. The van der Waals surface area contributed by atoms with Gasteiger partial charge in [0.2, 0.25) is 5.91 Å². The molecule has 5 heteroatoms. The van der Waals surface area contributed by atoms with Crippen molar-refractivity contribution in [3.05, 3.63) is 35.4 Å². The van der Waals surface area contributed by atoms with Crippen LogP contribution < -0.4 is 0 Å². The molecule has 0 aliphatic carbocycles. The maximum atomic E-state index is 12.3. The number of carboxylic acids is 1. The number of fused-ring (bicyclic) bond motifs is 1. The van der Waals surface area contributed by atoms with Crippen molar-refractivity contribution in [2.24, 2.45) is 0 Å². The fourth-order valence-corrected chi connectivity index (χ4v) is 3.12. The summed E-state index contributed by atoms with van der Waals surface area (Å²) in [6.45, 7) is 6.96. The second kappa shape index (κ2) is 6.10. The number of rotatable bonds is 3. The number of carbonyl (C=O) groups excluding carboxylic acids is 1. The second-order valence-electron chi connectivity index (χ2n) is 6.26. The van der Waals surface area contributed by atoms with Crippen LogP contribution >= 0.6 is 11.8 Å². The monoisotopic (exact) mass is 307 g/mol. The van der Waals surface area contributed by atoms with Crippen LogP contribution in [0, 0.1) is 0 Å². The molecule has 4 nitrogen and oxygen atoms in total. The van der Waals surface area contributed by atoms with Crippen LogP contribution in [-0.2, 0) is 16.1 Å². The summed E-state index contributed by atoms with van der Waals surface area (Å²) in [6.07, 6.45) is 0. The summed E-state index contributed by atoms with van der Waals surface area (Å²) in [5.41, 5.74) is 1.77. The first-order chi connectivity index (χ1) is 9.78. The highest BCUT2D eigenvalue weighted by atomic mass is 32.2. The van der Waals surface area contributed by atoms with E-state index in [0.29, 0.717) is 12.3 Å². The van der Waals surface area contributed by atoms with Gasteiger partial charge in [-0.1, -0.05) is 45.0 Å². The molecule has 0 saturated heterocycles. The predicted molar refractivity (Wildman–Crippen MR) is 84.4 cm³/mol. The van der Waals surface area contributed by atoms with Crippen LogP contribution in [0.5, 0.6) is 0 Å². The van der Waals surface area contributed by atoms with Crippen molar-refractivity contribution in [1.29, 1.82) is 0 Å². The molecule has 0 radical (unpaired) electrons. The van der Waals surface area contributed by atoms with Gasteiger partial charge in [-0.25, -0.2) is 0 Å². The van der Waals surface area contributed by atoms with Crippen LogP contribution in [0.25, 0.3) is 0 Å². The molecule has 0 saturated carbocycles. The van der Waals surface area contributed by atoms with E-state index in [-0.39, 0.29) is 17.2 Å². The molecule has 1 amide bonds. The van der Waals surface area contributed by atoms with Gasteiger partial charge in [0, 0.05) is 17.8 Å². The van der Waals surface area contributed by atoms with E-state index < -0.39 is 11.9 Å². The third kappa shape index (κ3) is 4.00. The first-order valence-electron chi connectivity index (χ1n) is 7.00. The Morgan fingerprint density at radius 1 is 1.33 bits per heavy atom. The zero-order valence-corrected chi connectivity index (χ0v) is 13.4. The fourth-order valence-electron chi connectivity index (χ4n) is 2.38. The molecule has 1 aliphatic heterocycles. The lowest BCUT2D eigenvalue weighted by Crippen LogP contribution is -2.41. The number of thioether (sulfide) groups is 1. The number of nitrogens with zero attached hydrogens (tertiary/aromatic N) is 1. The second-order valence-corrected chi connectivity index (χ2v) is 8.07. The van der Waals surface area contributed by atoms with Gasteiger partial charge >= 0.3 is 5.97 Å². The highest BCUT2D eigenvalue weighted by Crippen LogP contribution is 2.30. The van der Waals surface area contributed by atoms with Crippen molar-refractivity contribution in [2.45, 2.75) is 38.0 Å². The maximum absolute atomic E-state index is 12.3. The zero-order chi connectivity index (χ0) is 15.6. The molecule has 1 aromatic carbocycles. The van der Waals surface area contributed by atoms with Crippen molar-refractivity contribution in [3.8, 4) is 0 Å². The van der Waals surface area contributed by atoms with Gasteiger partial charge in [-0.3, -0.25) is 9.59 Å². The van der Waals surface area contributed by atoms with Crippen LogP contribution in [0.2, 0.25) is 0 Å². The Hall–Kier alpha value is -1.49. The highest BCUT2D eigenvalue weighted by Gasteiger charge is 2.32. The average molecular weight is 307 g/mol.